The Bertz CT molecular complexity index is 1290. The fourth-order valence-corrected chi connectivity index (χ4v) is 3.38. The van der Waals surface area contributed by atoms with Crippen LogP contribution in [0.1, 0.15) is 123 Å². The predicted molar refractivity (Wildman–Crippen MR) is 219 cm³/mol. The molecule has 2 rings (SSSR count). The quantitative estimate of drug-likeness (QED) is 0.149. The Labute approximate surface area is 291 Å². The maximum absolute atomic E-state index is 4.54. The van der Waals surface area contributed by atoms with Crippen molar-refractivity contribution in [3.05, 3.63) is 149 Å². The molecule has 0 radical (unpaired) electrons. The highest BCUT2D eigenvalue weighted by Crippen LogP contribution is 2.22. The molecule has 0 amide bonds. The van der Waals surface area contributed by atoms with E-state index in [9.17, 15) is 0 Å². The molecule has 0 saturated heterocycles. The third-order valence-corrected chi connectivity index (χ3v) is 6.51. The standard InChI is InChI=1S/C30H37N.C5H10.C4H8.C3H6S.C2H6/c1-20(2)29-14-16-30(17-15-29)27(9)31-26(8)25(7)18-23(5)21(3)10-12-28-13-11-22(4)24(6)19-28;1-4-5(2)3;1-4(2)3;1-3(2)4;1-2/h11,13-19,27,31H,1,3,5,8,10,12H2,2,4,6-7,9H3;2,4H2,1,3H3;1H2,2-3H3;1-2H3;1-2H3/b25-18+;;;;. The van der Waals surface area contributed by atoms with Crippen LogP contribution in [0, 0.1) is 13.8 Å². The van der Waals surface area contributed by atoms with Crippen LogP contribution in [-0.4, -0.2) is 4.86 Å². The van der Waals surface area contributed by atoms with Crippen molar-refractivity contribution in [1.82, 2.24) is 5.32 Å². The highest BCUT2D eigenvalue weighted by atomic mass is 32.1. The second-order valence-electron chi connectivity index (χ2n) is 12.0. The summed E-state index contributed by atoms with van der Waals surface area (Å²) in [7, 11) is 0. The van der Waals surface area contributed by atoms with Gasteiger partial charge in [-0.3, -0.25) is 0 Å². The third-order valence-electron chi connectivity index (χ3n) is 6.51. The molecule has 46 heavy (non-hydrogen) atoms. The second kappa shape index (κ2) is 26.7. The lowest BCUT2D eigenvalue weighted by atomic mass is 9.97. The second-order valence-corrected chi connectivity index (χ2v) is 12.9. The van der Waals surface area contributed by atoms with Gasteiger partial charge in [0, 0.05) is 11.7 Å². The van der Waals surface area contributed by atoms with Gasteiger partial charge in [0.25, 0.3) is 0 Å². The smallest absolute Gasteiger partial charge is 0.0485 e. The molecule has 0 aliphatic rings. The van der Waals surface area contributed by atoms with Crippen LogP contribution >= 0.6 is 12.2 Å². The van der Waals surface area contributed by atoms with E-state index >= 15 is 0 Å². The predicted octanol–water partition coefficient (Wildman–Crippen LogP) is 14.2. The zero-order valence-electron chi connectivity index (χ0n) is 32.0. The Kier molecular flexibility index (Phi) is 27.2. The van der Waals surface area contributed by atoms with Crippen molar-refractivity contribution in [3.8, 4) is 0 Å². The van der Waals surface area contributed by atoms with Crippen LogP contribution in [0.4, 0.5) is 0 Å². The van der Waals surface area contributed by atoms with Crippen LogP contribution in [0.5, 0.6) is 0 Å². The van der Waals surface area contributed by atoms with E-state index in [4.69, 9.17) is 0 Å². The monoisotopic (exact) mass is 641 g/mol. The van der Waals surface area contributed by atoms with Crippen molar-refractivity contribution in [1.29, 1.82) is 0 Å². The molecule has 0 spiro atoms. The van der Waals surface area contributed by atoms with Gasteiger partial charge in [-0.05, 0) is 138 Å². The number of thiocarbonyl (C=S) groups is 1. The minimum Gasteiger partial charge on any atom is -0.379 e. The number of rotatable bonds is 11. The van der Waals surface area contributed by atoms with Crippen molar-refractivity contribution in [2.24, 2.45) is 0 Å². The number of hydrogen-bond donors (Lipinski definition) is 1. The van der Waals surface area contributed by atoms with Crippen LogP contribution in [0.2, 0.25) is 0 Å². The molecule has 0 heterocycles. The first-order chi connectivity index (χ1) is 21.3. The van der Waals surface area contributed by atoms with E-state index < -0.39 is 0 Å². The van der Waals surface area contributed by atoms with Gasteiger partial charge in [-0.1, -0.05) is 125 Å². The van der Waals surface area contributed by atoms with Gasteiger partial charge in [0.15, 0.2) is 0 Å². The molecule has 0 aliphatic carbocycles. The normalized spacial score (nSPS) is 10.3. The Morgan fingerprint density at radius 3 is 1.65 bits per heavy atom. The number of allylic oxidation sites excluding steroid dienone is 7. The van der Waals surface area contributed by atoms with Crippen molar-refractivity contribution in [2.45, 2.75) is 115 Å². The molecule has 2 aromatic rings. The molecule has 1 unspecified atom stereocenters. The van der Waals surface area contributed by atoms with Crippen molar-refractivity contribution in [3.63, 3.8) is 0 Å². The van der Waals surface area contributed by atoms with E-state index in [1.165, 1.54) is 39.0 Å². The number of hydrogen-bond acceptors (Lipinski definition) is 2. The van der Waals surface area contributed by atoms with Gasteiger partial charge in [-0.25, -0.2) is 0 Å². The number of aryl methyl sites for hydroxylation is 3. The SMILES string of the molecule is C=C(/C=C(\C)C(=C)NC(C)c1ccc(C(=C)C)cc1)C(=C)CCc1ccc(C)c(C)c1.C=C(C)C.C=C(C)CC.CC.CC(C)=S. The van der Waals surface area contributed by atoms with Crippen LogP contribution in [0.25, 0.3) is 5.57 Å². The number of benzene rings is 2. The summed E-state index contributed by atoms with van der Waals surface area (Å²) in [6.45, 7) is 50.3. The maximum atomic E-state index is 4.54. The van der Waals surface area contributed by atoms with Crippen LogP contribution < -0.4 is 5.32 Å². The van der Waals surface area contributed by atoms with E-state index in [0.717, 1.165) is 52.1 Å². The molecule has 0 fully saturated rings. The zero-order chi connectivity index (χ0) is 36.6. The van der Waals surface area contributed by atoms with E-state index in [0.29, 0.717) is 0 Å². The van der Waals surface area contributed by atoms with Gasteiger partial charge in [0.1, 0.15) is 0 Å². The summed E-state index contributed by atoms with van der Waals surface area (Å²) in [4.78, 5) is 1.00. The van der Waals surface area contributed by atoms with Gasteiger partial charge in [0.05, 0.1) is 0 Å². The molecular weight excluding hydrogens is 575 g/mol. The minimum atomic E-state index is 0.163. The van der Waals surface area contributed by atoms with Crippen molar-refractivity contribution >= 4 is 22.7 Å². The summed E-state index contributed by atoms with van der Waals surface area (Å²) in [6, 6.07) is 15.3. The molecule has 2 aromatic carbocycles. The van der Waals surface area contributed by atoms with Gasteiger partial charge in [-0.2, -0.15) is 0 Å². The lowest BCUT2D eigenvalue weighted by Gasteiger charge is -2.19. The van der Waals surface area contributed by atoms with Crippen LogP contribution in [-0.2, 0) is 6.42 Å². The molecule has 1 nitrogen and oxygen atoms in total. The Morgan fingerprint density at radius 2 is 1.26 bits per heavy atom. The fourth-order valence-electron chi connectivity index (χ4n) is 3.38. The highest BCUT2D eigenvalue weighted by molar-refractivity contribution is 7.80. The van der Waals surface area contributed by atoms with Crippen molar-refractivity contribution in [2.75, 3.05) is 0 Å². The average molecular weight is 642 g/mol. The summed E-state index contributed by atoms with van der Waals surface area (Å²) in [5.41, 5.74) is 13.9. The topological polar surface area (TPSA) is 12.0 Å². The summed E-state index contributed by atoms with van der Waals surface area (Å²) in [6.07, 6.45) is 5.06. The van der Waals surface area contributed by atoms with E-state index in [1.807, 2.05) is 55.4 Å². The van der Waals surface area contributed by atoms with Crippen LogP contribution in [0.3, 0.4) is 0 Å². The summed E-state index contributed by atoms with van der Waals surface area (Å²) in [5.74, 6) is 0. The molecular formula is C44H67NS. The van der Waals surface area contributed by atoms with Gasteiger partial charge in [-0.15, -0.1) is 13.2 Å². The molecule has 1 atom stereocenters. The third kappa shape index (κ3) is 24.8. The molecule has 0 saturated carbocycles. The van der Waals surface area contributed by atoms with Gasteiger partial charge < -0.3 is 5.32 Å². The fraction of sp³-hybridized carbons (Fsp3) is 0.386. The van der Waals surface area contributed by atoms with E-state index in [-0.39, 0.29) is 6.04 Å². The average Bonchev–Trinajstić information content (AvgIpc) is 2.98. The van der Waals surface area contributed by atoms with Crippen molar-refractivity contribution < 1.29 is 0 Å². The first-order valence-corrected chi connectivity index (χ1v) is 16.8. The maximum Gasteiger partial charge on any atom is 0.0485 e. The summed E-state index contributed by atoms with van der Waals surface area (Å²) >= 11 is 4.54. The highest BCUT2D eigenvalue weighted by Gasteiger charge is 2.08. The molecule has 0 aromatic heterocycles. The molecule has 1 N–H and O–H groups in total. The largest absolute Gasteiger partial charge is 0.379 e. The Balaban J connectivity index is -0.00000103. The Morgan fingerprint density at radius 1 is 0.804 bits per heavy atom. The van der Waals surface area contributed by atoms with Gasteiger partial charge in [0.2, 0.25) is 0 Å². The van der Waals surface area contributed by atoms with Crippen LogP contribution in [0.15, 0.2) is 122 Å². The lowest BCUT2D eigenvalue weighted by Crippen LogP contribution is -2.18. The minimum absolute atomic E-state index is 0.163. The lowest BCUT2D eigenvalue weighted by molar-refractivity contribution is 0.660. The summed E-state index contributed by atoms with van der Waals surface area (Å²) in [5, 5.41) is 3.50. The molecule has 254 valence electrons. The number of nitrogens with one attached hydrogen (secondary N) is 1. The molecule has 2 heteroatoms. The molecule has 0 aliphatic heterocycles. The first-order valence-electron chi connectivity index (χ1n) is 16.4. The van der Waals surface area contributed by atoms with Gasteiger partial charge >= 0.3 is 0 Å². The Hall–Kier alpha value is -3.49. The van der Waals surface area contributed by atoms with E-state index in [2.05, 4.69) is 140 Å². The van der Waals surface area contributed by atoms with E-state index in [1.54, 1.807) is 0 Å². The summed E-state index contributed by atoms with van der Waals surface area (Å²) < 4.78 is 0. The molecule has 0 bridgehead atoms. The zero-order valence-corrected chi connectivity index (χ0v) is 32.8. The first kappa shape index (κ1) is 46.9.